The molecule has 1 fully saturated rings. The Morgan fingerprint density at radius 3 is 2.26 bits per heavy atom. The summed E-state index contributed by atoms with van der Waals surface area (Å²) in [5.41, 5.74) is 2.54. The lowest BCUT2D eigenvalue weighted by atomic mass is 10.0. The normalized spacial score (nSPS) is 15.7. The monoisotopic (exact) mass is 478 g/mol. The molecule has 4 rings (SSSR count). The maximum Gasteiger partial charge on any atom is 0.335 e. The minimum Gasteiger partial charge on any atom is -0.480 e. The molecule has 0 radical (unpaired) electrons. The standard InChI is InChI=1S/C26H30N4O5/c1-27(2)23(31)17-28-10-12-29(13-11-28)24(26(34)35)21-16-30(15-18-6-4-3-5-7-18)22-9-8-19(25(32)33)14-20(21)22/h3-9,14,16,24H,10-13,15,17H2,1-2H3,(H,32,33)(H,34,35)/t24-/m0/s1. The van der Waals surface area contributed by atoms with Crippen molar-refractivity contribution in [1.29, 1.82) is 0 Å². The Morgan fingerprint density at radius 2 is 1.66 bits per heavy atom. The molecule has 0 unspecified atom stereocenters. The molecule has 0 aliphatic carbocycles. The number of likely N-dealkylation sites (N-methyl/N-ethyl adjacent to an activating group) is 1. The number of piperazine rings is 1. The van der Waals surface area contributed by atoms with Crippen molar-refractivity contribution < 1.29 is 24.6 Å². The molecule has 0 bridgehead atoms. The zero-order chi connectivity index (χ0) is 25.1. The number of carbonyl (C=O) groups is 3. The third-order valence-corrected chi connectivity index (χ3v) is 6.51. The van der Waals surface area contributed by atoms with E-state index in [0.29, 0.717) is 50.2 Å². The minimum absolute atomic E-state index is 0.0124. The fourth-order valence-corrected chi connectivity index (χ4v) is 4.58. The summed E-state index contributed by atoms with van der Waals surface area (Å²) in [6.07, 6.45) is 1.84. The van der Waals surface area contributed by atoms with Gasteiger partial charge in [-0.25, -0.2) is 4.79 Å². The largest absolute Gasteiger partial charge is 0.480 e. The molecule has 0 spiro atoms. The van der Waals surface area contributed by atoms with E-state index in [0.717, 1.165) is 11.1 Å². The minimum atomic E-state index is -1.06. The molecule has 9 heteroatoms. The predicted octanol–water partition coefficient (Wildman–Crippen LogP) is 2.22. The first kappa shape index (κ1) is 24.4. The Labute approximate surface area is 203 Å². The highest BCUT2D eigenvalue weighted by Gasteiger charge is 2.33. The predicted molar refractivity (Wildman–Crippen MR) is 132 cm³/mol. The second kappa shape index (κ2) is 10.3. The molecule has 1 aliphatic rings. The maximum atomic E-state index is 12.5. The van der Waals surface area contributed by atoms with E-state index in [9.17, 15) is 24.6 Å². The SMILES string of the molecule is CN(C)C(=O)CN1CCN([C@H](C(=O)O)c2cn(Cc3ccccc3)c3ccc(C(=O)O)cc23)CC1. The van der Waals surface area contributed by atoms with E-state index >= 15 is 0 Å². The summed E-state index contributed by atoms with van der Waals surface area (Å²) in [5.74, 6) is -2.03. The van der Waals surface area contributed by atoms with Crippen molar-refractivity contribution in [2.75, 3.05) is 46.8 Å². The van der Waals surface area contributed by atoms with Crippen LogP contribution in [0.3, 0.4) is 0 Å². The number of fused-ring (bicyclic) bond motifs is 1. The van der Waals surface area contributed by atoms with E-state index in [1.165, 1.54) is 0 Å². The van der Waals surface area contributed by atoms with E-state index in [-0.39, 0.29) is 11.5 Å². The van der Waals surface area contributed by atoms with Gasteiger partial charge in [0.15, 0.2) is 0 Å². The Hall–Kier alpha value is -3.69. The first-order valence-corrected chi connectivity index (χ1v) is 11.5. The summed E-state index contributed by atoms with van der Waals surface area (Å²) in [7, 11) is 3.44. The van der Waals surface area contributed by atoms with Gasteiger partial charge in [-0.05, 0) is 23.8 Å². The lowest BCUT2D eigenvalue weighted by molar-refractivity contribution is -0.145. The zero-order valence-corrected chi connectivity index (χ0v) is 19.9. The molecule has 2 heterocycles. The van der Waals surface area contributed by atoms with Crippen molar-refractivity contribution in [2.45, 2.75) is 12.6 Å². The molecule has 1 amide bonds. The van der Waals surface area contributed by atoms with Crippen molar-refractivity contribution in [3.8, 4) is 0 Å². The molecule has 0 saturated carbocycles. The lowest BCUT2D eigenvalue weighted by Crippen LogP contribution is -2.51. The molecule has 2 aromatic carbocycles. The van der Waals surface area contributed by atoms with Crippen molar-refractivity contribution >= 4 is 28.7 Å². The van der Waals surface area contributed by atoms with Crippen LogP contribution in [-0.2, 0) is 16.1 Å². The Bertz CT molecular complexity index is 1230. The molecule has 3 aromatic rings. The van der Waals surface area contributed by atoms with E-state index < -0.39 is 18.0 Å². The number of amides is 1. The van der Waals surface area contributed by atoms with Crippen LogP contribution in [-0.4, -0.2) is 94.1 Å². The molecular formula is C26H30N4O5. The topological polar surface area (TPSA) is 106 Å². The fraction of sp³-hybridized carbons (Fsp3) is 0.346. The number of hydrogen-bond donors (Lipinski definition) is 2. The van der Waals surface area contributed by atoms with Crippen molar-refractivity contribution in [3.05, 3.63) is 71.4 Å². The van der Waals surface area contributed by atoms with Crippen LogP contribution in [0.2, 0.25) is 0 Å². The van der Waals surface area contributed by atoms with Gasteiger partial charge in [0.25, 0.3) is 0 Å². The van der Waals surface area contributed by atoms with Crippen molar-refractivity contribution in [2.24, 2.45) is 0 Å². The highest BCUT2D eigenvalue weighted by atomic mass is 16.4. The average Bonchev–Trinajstić information content (AvgIpc) is 3.17. The van der Waals surface area contributed by atoms with E-state index in [1.807, 2.05) is 50.9 Å². The van der Waals surface area contributed by atoms with Crippen LogP contribution in [0.5, 0.6) is 0 Å². The molecule has 184 valence electrons. The lowest BCUT2D eigenvalue weighted by Gasteiger charge is -2.37. The van der Waals surface area contributed by atoms with Gasteiger partial charge < -0.3 is 19.7 Å². The number of rotatable bonds is 8. The third-order valence-electron chi connectivity index (χ3n) is 6.51. The van der Waals surface area contributed by atoms with Gasteiger partial charge in [0.1, 0.15) is 6.04 Å². The van der Waals surface area contributed by atoms with Crippen molar-refractivity contribution in [1.82, 2.24) is 19.3 Å². The number of carboxylic acid groups (broad SMARTS) is 2. The summed E-state index contributed by atoms with van der Waals surface area (Å²) >= 11 is 0. The zero-order valence-electron chi connectivity index (χ0n) is 19.9. The van der Waals surface area contributed by atoms with Crippen LogP contribution in [0.1, 0.15) is 27.5 Å². The van der Waals surface area contributed by atoms with Crippen LogP contribution >= 0.6 is 0 Å². The Balaban J connectivity index is 1.67. The van der Waals surface area contributed by atoms with Crippen molar-refractivity contribution in [3.63, 3.8) is 0 Å². The number of carbonyl (C=O) groups excluding carboxylic acids is 1. The van der Waals surface area contributed by atoms with Gasteiger partial charge >= 0.3 is 11.9 Å². The number of aliphatic carboxylic acids is 1. The number of carboxylic acids is 2. The summed E-state index contributed by atoms with van der Waals surface area (Å²) in [6.45, 7) is 2.97. The molecule has 1 aliphatic heterocycles. The van der Waals surface area contributed by atoms with E-state index in [4.69, 9.17) is 0 Å². The Morgan fingerprint density at radius 1 is 0.971 bits per heavy atom. The number of benzene rings is 2. The summed E-state index contributed by atoms with van der Waals surface area (Å²) in [6, 6.07) is 13.8. The Kier molecular flexibility index (Phi) is 7.18. The van der Waals surface area contributed by atoms with Crippen LogP contribution in [0, 0.1) is 0 Å². The van der Waals surface area contributed by atoms with Gasteiger partial charge in [-0.3, -0.25) is 19.4 Å². The number of aromatic carboxylic acids is 1. The maximum absolute atomic E-state index is 12.5. The second-order valence-corrected chi connectivity index (χ2v) is 9.08. The van der Waals surface area contributed by atoms with Crippen LogP contribution in [0.25, 0.3) is 10.9 Å². The molecule has 1 aromatic heterocycles. The van der Waals surface area contributed by atoms with Gasteiger partial charge in [-0.15, -0.1) is 0 Å². The smallest absolute Gasteiger partial charge is 0.335 e. The van der Waals surface area contributed by atoms with E-state index in [2.05, 4.69) is 0 Å². The summed E-state index contributed by atoms with van der Waals surface area (Å²) in [4.78, 5) is 41.7. The van der Waals surface area contributed by atoms with Gasteiger partial charge in [-0.1, -0.05) is 30.3 Å². The first-order chi connectivity index (χ1) is 16.7. The number of hydrogen-bond acceptors (Lipinski definition) is 5. The first-order valence-electron chi connectivity index (χ1n) is 11.5. The third kappa shape index (κ3) is 5.36. The molecule has 2 N–H and O–H groups in total. The second-order valence-electron chi connectivity index (χ2n) is 9.08. The summed E-state index contributed by atoms with van der Waals surface area (Å²) < 4.78 is 1.98. The summed E-state index contributed by atoms with van der Waals surface area (Å²) in [5, 5.41) is 20.4. The van der Waals surface area contributed by atoms with Gasteiger partial charge in [0.05, 0.1) is 12.1 Å². The number of nitrogens with zero attached hydrogens (tertiary/aromatic N) is 4. The molecule has 1 saturated heterocycles. The van der Waals surface area contributed by atoms with Gasteiger partial charge in [0, 0.05) is 69.5 Å². The van der Waals surface area contributed by atoms with Crippen LogP contribution < -0.4 is 0 Å². The van der Waals surface area contributed by atoms with Crippen LogP contribution in [0.4, 0.5) is 0 Å². The highest BCUT2D eigenvalue weighted by Crippen LogP contribution is 2.32. The van der Waals surface area contributed by atoms with E-state index in [1.54, 1.807) is 37.2 Å². The molecule has 1 atom stereocenters. The molecule has 9 nitrogen and oxygen atoms in total. The average molecular weight is 479 g/mol. The van der Waals surface area contributed by atoms with Gasteiger partial charge in [0.2, 0.25) is 5.91 Å². The highest BCUT2D eigenvalue weighted by molar-refractivity contribution is 5.96. The van der Waals surface area contributed by atoms with Crippen LogP contribution in [0.15, 0.2) is 54.7 Å². The number of aromatic nitrogens is 1. The molecule has 35 heavy (non-hydrogen) atoms. The fourth-order valence-electron chi connectivity index (χ4n) is 4.58. The quantitative estimate of drug-likeness (QED) is 0.511. The molecular weight excluding hydrogens is 448 g/mol. The van der Waals surface area contributed by atoms with Gasteiger partial charge in [-0.2, -0.15) is 0 Å².